The summed E-state index contributed by atoms with van der Waals surface area (Å²) >= 11 is 0. The van der Waals surface area contributed by atoms with E-state index >= 15 is 0 Å². The van der Waals surface area contributed by atoms with Crippen LogP contribution < -0.4 is 10.6 Å². The van der Waals surface area contributed by atoms with E-state index in [1.807, 2.05) is 20.8 Å². The van der Waals surface area contributed by atoms with Crippen LogP contribution in [-0.4, -0.2) is 24.5 Å². The number of amides is 1. The van der Waals surface area contributed by atoms with Crippen LogP contribution in [0.1, 0.15) is 59.3 Å². The van der Waals surface area contributed by atoms with Gasteiger partial charge in [-0.3, -0.25) is 4.79 Å². The lowest BCUT2D eigenvalue weighted by Crippen LogP contribution is -2.41. The normalized spacial score (nSPS) is 16.3. The molecular weight excluding hydrogens is 224 g/mol. The molecule has 0 aromatic carbocycles. The van der Waals surface area contributed by atoms with E-state index < -0.39 is 0 Å². The van der Waals surface area contributed by atoms with Gasteiger partial charge in [-0.2, -0.15) is 0 Å². The molecule has 2 N–H and O–H groups in total. The van der Waals surface area contributed by atoms with Crippen molar-refractivity contribution in [2.45, 2.75) is 64.8 Å². The van der Waals surface area contributed by atoms with Gasteiger partial charge in [0.1, 0.15) is 0 Å². The van der Waals surface area contributed by atoms with Crippen LogP contribution in [0.25, 0.3) is 0 Å². The SMILES string of the molecule is CC(C)(C)NC(=O)CCNCCC1=CCCCC1. The summed E-state index contributed by atoms with van der Waals surface area (Å²) in [6.45, 7) is 7.79. The number of allylic oxidation sites excluding steroid dienone is 1. The first-order valence-electron chi connectivity index (χ1n) is 7.17. The van der Waals surface area contributed by atoms with Crippen molar-refractivity contribution in [1.82, 2.24) is 10.6 Å². The van der Waals surface area contributed by atoms with Crippen molar-refractivity contribution in [2.75, 3.05) is 13.1 Å². The first-order valence-corrected chi connectivity index (χ1v) is 7.17. The van der Waals surface area contributed by atoms with Crippen LogP contribution in [0, 0.1) is 0 Å². The van der Waals surface area contributed by atoms with Gasteiger partial charge in [-0.25, -0.2) is 0 Å². The van der Waals surface area contributed by atoms with Gasteiger partial charge in [0.15, 0.2) is 0 Å². The van der Waals surface area contributed by atoms with Crippen LogP contribution in [0.15, 0.2) is 11.6 Å². The van der Waals surface area contributed by atoms with Crippen LogP contribution >= 0.6 is 0 Å². The summed E-state index contributed by atoms with van der Waals surface area (Å²) in [6.07, 6.45) is 9.31. The third-order valence-electron chi connectivity index (χ3n) is 3.05. The van der Waals surface area contributed by atoms with E-state index in [4.69, 9.17) is 0 Å². The van der Waals surface area contributed by atoms with E-state index in [2.05, 4.69) is 16.7 Å². The Balaban J connectivity index is 2.01. The Morgan fingerprint density at radius 1 is 1.28 bits per heavy atom. The fourth-order valence-electron chi connectivity index (χ4n) is 2.19. The predicted octanol–water partition coefficient (Wildman–Crippen LogP) is 2.77. The Bertz CT molecular complexity index is 289. The fraction of sp³-hybridized carbons (Fsp3) is 0.800. The number of carbonyl (C=O) groups is 1. The van der Waals surface area contributed by atoms with E-state index in [1.54, 1.807) is 5.57 Å². The number of nitrogens with one attached hydrogen (secondary N) is 2. The number of hydrogen-bond acceptors (Lipinski definition) is 2. The van der Waals surface area contributed by atoms with Gasteiger partial charge in [-0.15, -0.1) is 0 Å². The maximum atomic E-state index is 11.6. The summed E-state index contributed by atoms with van der Waals surface area (Å²) in [5.41, 5.74) is 1.47. The number of carbonyl (C=O) groups excluding carboxylic acids is 1. The molecule has 0 unspecified atom stereocenters. The van der Waals surface area contributed by atoms with Crippen LogP contribution in [0.3, 0.4) is 0 Å². The standard InChI is InChI=1S/C15H28N2O/c1-15(2,3)17-14(18)10-12-16-11-9-13-7-5-4-6-8-13/h7,16H,4-6,8-12H2,1-3H3,(H,17,18). The molecule has 1 aliphatic rings. The molecule has 1 aliphatic carbocycles. The molecule has 0 radical (unpaired) electrons. The van der Waals surface area contributed by atoms with Gasteiger partial charge in [-0.05, 0) is 59.4 Å². The molecule has 1 amide bonds. The maximum absolute atomic E-state index is 11.6. The minimum atomic E-state index is -0.121. The Hall–Kier alpha value is -0.830. The summed E-state index contributed by atoms with van der Waals surface area (Å²) in [5.74, 6) is 0.131. The van der Waals surface area contributed by atoms with Gasteiger partial charge < -0.3 is 10.6 Å². The van der Waals surface area contributed by atoms with Gasteiger partial charge in [0.2, 0.25) is 5.91 Å². The third-order valence-corrected chi connectivity index (χ3v) is 3.05. The molecular formula is C15H28N2O. The topological polar surface area (TPSA) is 41.1 Å². The van der Waals surface area contributed by atoms with Crippen LogP contribution in [0.2, 0.25) is 0 Å². The molecule has 1 rings (SSSR count). The highest BCUT2D eigenvalue weighted by molar-refractivity contribution is 5.76. The third kappa shape index (κ3) is 7.49. The molecule has 0 atom stereocenters. The Morgan fingerprint density at radius 3 is 2.67 bits per heavy atom. The largest absolute Gasteiger partial charge is 0.351 e. The number of rotatable bonds is 6. The van der Waals surface area contributed by atoms with Gasteiger partial charge in [-0.1, -0.05) is 11.6 Å². The second kappa shape index (κ2) is 7.57. The monoisotopic (exact) mass is 252 g/mol. The Morgan fingerprint density at radius 2 is 2.06 bits per heavy atom. The van der Waals surface area contributed by atoms with Crippen molar-refractivity contribution < 1.29 is 4.79 Å². The van der Waals surface area contributed by atoms with E-state index in [0.717, 1.165) is 19.5 Å². The minimum Gasteiger partial charge on any atom is -0.351 e. The minimum absolute atomic E-state index is 0.121. The Kier molecular flexibility index (Phi) is 6.41. The highest BCUT2D eigenvalue weighted by Crippen LogP contribution is 2.19. The smallest absolute Gasteiger partial charge is 0.221 e. The van der Waals surface area contributed by atoms with Crippen LogP contribution in [-0.2, 0) is 4.79 Å². The molecule has 0 spiro atoms. The summed E-state index contributed by atoms with van der Waals surface area (Å²) in [7, 11) is 0. The van der Waals surface area contributed by atoms with Gasteiger partial charge in [0, 0.05) is 18.5 Å². The molecule has 18 heavy (non-hydrogen) atoms. The lowest BCUT2D eigenvalue weighted by atomic mass is 9.97. The summed E-state index contributed by atoms with van der Waals surface area (Å²) in [6, 6.07) is 0. The Labute approximate surface area is 111 Å². The van der Waals surface area contributed by atoms with Crippen molar-refractivity contribution in [3.05, 3.63) is 11.6 Å². The van der Waals surface area contributed by atoms with Crippen molar-refractivity contribution in [3.63, 3.8) is 0 Å². The second-order valence-corrected chi connectivity index (χ2v) is 6.16. The molecule has 0 saturated carbocycles. The van der Waals surface area contributed by atoms with Crippen LogP contribution in [0.4, 0.5) is 0 Å². The zero-order chi connectivity index (χ0) is 13.4. The van der Waals surface area contributed by atoms with Crippen molar-refractivity contribution in [1.29, 1.82) is 0 Å². The highest BCUT2D eigenvalue weighted by Gasteiger charge is 2.12. The molecule has 0 aliphatic heterocycles. The lowest BCUT2D eigenvalue weighted by molar-refractivity contribution is -0.122. The van der Waals surface area contributed by atoms with E-state index in [9.17, 15) is 4.79 Å². The van der Waals surface area contributed by atoms with E-state index in [-0.39, 0.29) is 11.4 Å². The summed E-state index contributed by atoms with van der Waals surface area (Å²) in [4.78, 5) is 11.6. The predicted molar refractivity (Wildman–Crippen MR) is 76.6 cm³/mol. The van der Waals surface area contributed by atoms with Gasteiger partial charge >= 0.3 is 0 Å². The first kappa shape index (κ1) is 15.2. The molecule has 0 saturated heterocycles. The van der Waals surface area contributed by atoms with Crippen molar-refractivity contribution in [2.24, 2.45) is 0 Å². The average Bonchev–Trinajstić information content (AvgIpc) is 2.27. The van der Waals surface area contributed by atoms with E-state index in [0.29, 0.717) is 6.42 Å². The summed E-state index contributed by atoms with van der Waals surface area (Å²) < 4.78 is 0. The molecule has 3 heteroatoms. The van der Waals surface area contributed by atoms with E-state index in [1.165, 1.54) is 25.7 Å². The van der Waals surface area contributed by atoms with Crippen molar-refractivity contribution in [3.8, 4) is 0 Å². The highest BCUT2D eigenvalue weighted by atomic mass is 16.1. The van der Waals surface area contributed by atoms with Gasteiger partial charge in [0.25, 0.3) is 0 Å². The lowest BCUT2D eigenvalue weighted by Gasteiger charge is -2.20. The molecule has 0 aromatic heterocycles. The fourth-order valence-corrected chi connectivity index (χ4v) is 2.19. The zero-order valence-electron chi connectivity index (χ0n) is 12.1. The van der Waals surface area contributed by atoms with Gasteiger partial charge in [0.05, 0.1) is 0 Å². The first-order chi connectivity index (χ1) is 8.47. The average molecular weight is 252 g/mol. The summed E-state index contributed by atoms with van der Waals surface area (Å²) in [5, 5.41) is 6.32. The zero-order valence-corrected chi connectivity index (χ0v) is 12.1. The molecule has 0 heterocycles. The molecule has 0 fully saturated rings. The van der Waals surface area contributed by atoms with Crippen LogP contribution in [0.5, 0.6) is 0 Å². The quantitative estimate of drug-likeness (QED) is 0.564. The molecule has 0 aromatic rings. The molecule has 0 bridgehead atoms. The molecule has 3 nitrogen and oxygen atoms in total. The molecule has 104 valence electrons. The number of hydrogen-bond donors (Lipinski definition) is 2. The maximum Gasteiger partial charge on any atom is 0.221 e. The second-order valence-electron chi connectivity index (χ2n) is 6.16. The van der Waals surface area contributed by atoms with Crippen molar-refractivity contribution >= 4 is 5.91 Å².